The summed E-state index contributed by atoms with van der Waals surface area (Å²) in [5.41, 5.74) is 0.271. The fraction of sp³-hybridized carbons (Fsp3) is 0.300. The molecule has 2 rings (SSSR count). The van der Waals surface area contributed by atoms with Crippen molar-refractivity contribution in [2.75, 3.05) is 40.2 Å². The first-order chi connectivity index (χ1) is 13.6. The molecule has 1 amide bonds. The lowest BCUT2D eigenvalue weighted by Crippen LogP contribution is -2.32. The van der Waals surface area contributed by atoms with E-state index in [1.165, 1.54) is 18.9 Å². The van der Waals surface area contributed by atoms with Gasteiger partial charge in [0, 0.05) is 4.90 Å². The molecular weight excluding hydrogens is 382 g/mol. The Morgan fingerprint density at radius 3 is 2.39 bits per heavy atom. The number of esters is 1. The zero-order valence-electron chi connectivity index (χ0n) is 16.0. The molecule has 0 aliphatic carbocycles. The summed E-state index contributed by atoms with van der Waals surface area (Å²) in [7, 11) is 3.03. The first-order valence-corrected chi connectivity index (χ1v) is 9.73. The van der Waals surface area contributed by atoms with Crippen LogP contribution in [0.25, 0.3) is 0 Å². The summed E-state index contributed by atoms with van der Waals surface area (Å²) >= 11 is 1.53. The average molecular weight is 405 g/mol. The van der Waals surface area contributed by atoms with E-state index in [1.54, 1.807) is 37.4 Å². The van der Waals surface area contributed by atoms with Crippen LogP contribution in [-0.2, 0) is 9.53 Å². The van der Waals surface area contributed by atoms with Gasteiger partial charge in [-0.15, -0.1) is 11.8 Å². The number of benzene rings is 2. The fourth-order valence-electron chi connectivity index (χ4n) is 2.32. The topological polar surface area (TPSA) is 83.1 Å². The fourth-order valence-corrected chi connectivity index (χ4v) is 2.75. The number of ether oxygens (including phenoxy) is 4. The SMILES string of the molecule is COc1ccccc1OCCNC(=O)COC(=O)c1ccc(SC)cc1OC. The van der Waals surface area contributed by atoms with Crippen LogP contribution in [0.3, 0.4) is 0 Å². The summed E-state index contributed by atoms with van der Waals surface area (Å²) in [5, 5.41) is 2.63. The Bertz CT molecular complexity index is 811. The third kappa shape index (κ3) is 6.09. The maximum absolute atomic E-state index is 12.2. The van der Waals surface area contributed by atoms with Gasteiger partial charge < -0.3 is 24.3 Å². The van der Waals surface area contributed by atoms with E-state index < -0.39 is 11.9 Å². The van der Waals surface area contributed by atoms with Crippen LogP contribution in [0.1, 0.15) is 10.4 Å². The molecule has 0 saturated heterocycles. The summed E-state index contributed by atoms with van der Waals surface area (Å²) in [6.07, 6.45) is 1.93. The number of hydrogen-bond donors (Lipinski definition) is 1. The summed E-state index contributed by atoms with van der Waals surface area (Å²) in [5.74, 6) is 0.569. The summed E-state index contributed by atoms with van der Waals surface area (Å²) in [6, 6.07) is 12.4. The quantitative estimate of drug-likeness (QED) is 0.370. The molecule has 28 heavy (non-hydrogen) atoms. The maximum Gasteiger partial charge on any atom is 0.342 e. The van der Waals surface area contributed by atoms with Crippen LogP contribution in [0.2, 0.25) is 0 Å². The minimum Gasteiger partial charge on any atom is -0.496 e. The molecule has 7 nitrogen and oxygen atoms in total. The first kappa shape index (κ1) is 21.4. The van der Waals surface area contributed by atoms with E-state index >= 15 is 0 Å². The van der Waals surface area contributed by atoms with Gasteiger partial charge in [-0.1, -0.05) is 12.1 Å². The number of hydrogen-bond acceptors (Lipinski definition) is 7. The Balaban J connectivity index is 1.76. The summed E-state index contributed by atoms with van der Waals surface area (Å²) in [6.45, 7) is 0.130. The molecule has 8 heteroatoms. The second-order valence-electron chi connectivity index (χ2n) is 5.49. The number of para-hydroxylation sites is 2. The molecule has 0 heterocycles. The molecule has 2 aromatic rings. The average Bonchev–Trinajstić information content (AvgIpc) is 2.74. The molecule has 0 atom stereocenters. The van der Waals surface area contributed by atoms with Crippen LogP contribution in [0.4, 0.5) is 0 Å². The number of rotatable bonds is 10. The second-order valence-corrected chi connectivity index (χ2v) is 6.37. The Hall–Kier alpha value is -2.87. The highest BCUT2D eigenvalue weighted by atomic mass is 32.2. The third-order valence-electron chi connectivity index (χ3n) is 3.71. The summed E-state index contributed by atoms with van der Waals surface area (Å²) < 4.78 is 21.0. The van der Waals surface area contributed by atoms with Crippen LogP contribution in [0, 0.1) is 0 Å². The van der Waals surface area contributed by atoms with Crippen LogP contribution in [0.15, 0.2) is 47.4 Å². The molecule has 150 valence electrons. The predicted octanol–water partition coefficient (Wildman–Crippen LogP) is 2.78. The number of thioether (sulfide) groups is 1. The predicted molar refractivity (Wildman–Crippen MR) is 107 cm³/mol. The monoisotopic (exact) mass is 405 g/mol. The van der Waals surface area contributed by atoms with Crippen molar-refractivity contribution < 1.29 is 28.5 Å². The van der Waals surface area contributed by atoms with Crippen molar-refractivity contribution in [2.24, 2.45) is 0 Å². The van der Waals surface area contributed by atoms with Gasteiger partial charge in [0.25, 0.3) is 5.91 Å². The minimum absolute atomic E-state index is 0.254. The Kier molecular flexibility index (Phi) is 8.48. The van der Waals surface area contributed by atoms with E-state index in [0.717, 1.165) is 4.90 Å². The van der Waals surface area contributed by atoms with Crippen molar-refractivity contribution >= 4 is 23.6 Å². The molecule has 0 unspecified atom stereocenters. The van der Waals surface area contributed by atoms with Gasteiger partial charge in [0.15, 0.2) is 18.1 Å². The van der Waals surface area contributed by atoms with Crippen molar-refractivity contribution in [3.8, 4) is 17.2 Å². The van der Waals surface area contributed by atoms with E-state index in [0.29, 0.717) is 17.2 Å². The summed E-state index contributed by atoms with van der Waals surface area (Å²) in [4.78, 5) is 25.0. The number of methoxy groups -OCH3 is 2. The number of amides is 1. The van der Waals surface area contributed by atoms with Gasteiger partial charge >= 0.3 is 5.97 Å². The third-order valence-corrected chi connectivity index (χ3v) is 4.44. The molecule has 1 N–H and O–H groups in total. The number of carbonyl (C=O) groups is 2. The zero-order valence-corrected chi connectivity index (χ0v) is 16.8. The van der Waals surface area contributed by atoms with Crippen LogP contribution >= 0.6 is 11.8 Å². The lowest BCUT2D eigenvalue weighted by Gasteiger charge is -2.11. The highest BCUT2D eigenvalue weighted by molar-refractivity contribution is 7.98. The van der Waals surface area contributed by atoms with Crippen molar-refractivity contribution in [1.29, 1.82) is 0 Å². The molecule has 0 aliphatic heterocycles. The van der Waals surface area contributed by atoms with Gasteiger partial charge in [-0.05, 0) is 36.6 Å². The molecule has 0 radical (unpaired) electrons. The normalized spacial score (nSPS) is 10.1. The van der Waals surface area contributed by atoms with Crippen molar-refractivity contribution in [3.05, 3.63) is 48.0 Å². The highest BCUT2D eigenvalue weighted by Crippen LogP contribution is 2.26. The van der Waals surface area contributed by atoms with Crippen molar-refractivity contribution in [3.63, 3.8) is 0 Å². The maximum atomic E-state index is 12.2. The van der Waals surface area contributed by atoms with Gasteiger partial charge in [0.2, 0.25) is 0 Å². The molecule has 0 bridgehead atoms. The molecule has 0 fully saturated rings. The van der Waals surface area contributed by atoms with Crippen LogP contribution in [0.5, 0.6) is 17.2 Å². The Morgan fingerprint density at radius 1 is 1.00 bits per heavy atom. The second kappa shape index (κ2) is 11.1. The minimum atomic E-state index is -0.620. The largest absolute Gasteiger partial charge is 0.496 e. The highest BCUT2D eigenvalue weighted by Gasteiger charge is 2.16. The van der Waals surface area contributed by atoms with E-state index in [-0.39, 0.29) is 25.3 Å². The van der Waals surface area contributed by atoms with Gasteiger partial charge in [-0.2, -0.15) is 0 Å². The zero-order chi connectivity index (χ0) is 20.4. The lowest BCUT2D eigenvalue weighted by molar-refractivity contribution is -0.124. The van der Waals surface area contributed by atoms with E-state index in [9.17, 15) is 9.59 Å². The van der Waals surface area contributed by atoms with E-state index in [4.69, 9.17) is 18.9 Å². The van der Waals surface area contributed by atoms with E-state index in [2.05, 4.69) is 5.32 Å². The van der Waals surface area contributed by atoms with Gasteiger partial charge in [-0.25, -0.2) is 4.79 Å². The Morgan fingerprint density at radius 2 is 1.71 bits per heavy atom. The molecular formula is C20H23NO6S. The standard InChI is InChI=1S/C20H23NO6S/c1-24-16-6-4-5-7-17(16)26-11-10-21-19(22)13-27-20(23)15-9-8-14(28-3)12-18(15)25-2/h4-9,12H,10-11,13H2,1-3H3,(H,21,22). The van der Waals surface area contributed by atoms with Gasteiger partial charge in [-0.3, -0.25) is 4.79 Å². The van der Waals surface area contributed by atoms with Crippen LogP contribution in [-0.4, -0.2) is 52.1 Å². The Labute approximate surface area is 168 Å². The first-order valence-electron chi connectivity index (χ1n) is 8.50. The van der Waals surface area contributed by atoms with Crippen LogP contribution < -0.4 is 19.5 Å². The molecule has 0 spiro atoms. The molecule has 0 aromatic heterocycles. The molecule has 0 aliphatic rings. The molecule has 0 saturated carbocycles. The van der Waals surface area contributed by atoms with Gasteiger partial charge in [0.1, 0.15) is 17.9 Å². The number of nitrogens with one attached hydrogen (secondary N) is 1. The molecule has 2 aromatic carbocycles. The lowest BCUT2D eigenvalue weighted by atomic mass is 10.2. The van der Waals surface area contributed by atoms with Gasteiger partial charge in [0.05, 0.1) is 20.8 Å². The van der Waals surface area contributed by atoms with E-state index in [1.807, 2.05) is 18.4 Å². The smallest absolute Gasteiger partial charge is 0.342 e. The van der Waals surface area contributed by atoms with Crippen molar-refractivity contribution in [2.45, 2.75) is 4.90 Å². The number of carbonyl (C=O) groups excluding carboxylic acids is 2. The van der Waals surface area contributed by atoms with Crippen molar-refractivity contribution in [1.82, 2.24) is 5.32 Å².